The van der Waals surface area contributed by atoms with Gasteiger partial charge in [-0.15, -0.1) is 10.2 Å². The number of carbonyl (C=O) groups excluding carboxylic acids is 1. The average Bonchev–Trinajstić information content (AvgIpc) is 3.08. The first-order valence-corrected chi connectivity index (χ1v) is 9.26. The van der Waals surface area contributed by atoms with Gasteiger partial charge in [-0.2, -0.15) is 0 Å². The van der Waals surface area contributed by atoms with Gasteiger partial charge in [0.05, 0.1) is 4.92 Å². The van der Waals surface area contributed by atoms with Crippen molar-refractivity contribution in [1.82, 2.24) is 10.2 Å². The Balaban J connectivity index is 1.71. The number of anilines is 1. The summed E-state index contributed by atoms with van der Waals surface area (Å²) in [5.74, 6) is -0.378. The van der Waals surface area contributed by atoms with E-state index in [0.29, 0.717) is 11.6 Å². The zero-order chi connectivity index (χ0) is 19.4. The van der Waals surface area contributed by atoms with Crippen molar-refractivity contribution >= 4 is 39.7 Å². The molecule has 0 aliphatic rings. The van der Waals surface area contributed by atoms with E-state index in [2.05, 4.69) is 22.4 Å². The van der Waals surface area contributed by atoms with E-state index in [1.807, 2.05) is 30.3 Å². The molecule has 0 radical (unpaired) electrons. The Labute approximate surface area is 164 Å². The Morgan fingerprint density at radius 3 is 2.70 bits per heavy atom. The molecule has 0 fully saturated rings. The summed E-state index contributed by atoms with van der Waals surface area (Å²) in [6, 6.07) is 13.9. The third-order valence-electron chi connectivity index (χ3n) is 3.94. The van der Waals surface area contributed by atoms with Crippen LogP contribution in [-0.2, 0) is 6.42 Å². The molecular weight excluding hydrogens is 388 g/mol. The van der Waals surface area contributed by atoms with Gasteiger partial charge in [-0.25, -0.2) is 0 Å². The molecule has 3 rings (SSSR count). The molecule has 9 heteroatoms. The maximum Gasteiger partial charge on any atom is 0.283 e. The highest BCUT2D eigenvalue weighted by Crippen LogP contribution is 2.26. The van der Waals surface area contributed by atoms with Gasteiger partial charge in [0, 0.05) is 17.5 Å². The number of nitrogens with one attached hydrogen (secondary N) is 1. The maximum atomic E-state index is 12.4. The van der Waals surface area contributed by atoms with Crippen LogP contribution in [-0.4, -0.2) is 21.0 Å². The average molecular weight is 403 g/mol. The highest BCUT2D eigenvalue weighted by atomic mass is 35.5. The predicted molar refractivity (Wildman–Crippen MR) is 105 cm³/mol. The number of hydrogen-bond donors (Lipinski definition) is 1. The molecule has 0 saturated carbocycles. The van der Waals surface area contributed by atoms with E-state index in [9.17, 15) is 14.9 Å². The molecule has 2 aromatic carbocycles. The molecule has 0 spiro atoms. The monoisotopic (exact) mass is 402 g/mol. The van der Waals surface area contributed by atoms with E-state index in [-0.39, 0.29) is 22.2 Å². The number of nitro groups is 1. The van der Waals surface area contributed by atoms with Crippen LogP contribution < -0.4 is 5.32 Å². The zero-order valence-electron chi connectivity index (χ0n) is 14.3. The van der Waals surface area contributed by atoms with Crippen molar-refractivity contribution in [2.45, 2.75) is 19.3 Å². The third-order valence-corrected chi connectivity index (χ3v) is 5.03. The van der Waals surface area contributed by atoms with Gasteiger partial charge in [-0.1, -0.05) is 60.2 Å². The van der Waals surface area contributed by atoms with Crippen molar-refractivity contribution in [2.75, 3.05) is 5.32 Å². The van der Waals surface area contributed by atoms with Gasteiger partial charge in [-0.05, 0) is 23.6 Å². The van der Waals surface area contributed by atoms with Crippen LogP contribution in [0.4, 0.5) is 10.8 Å². The number of halogens is 1. The van der Waals surface area contributed by atoms with E-state index in [1.54, 1.807) is 0 Å². The summed E-state index contributed by atoms with van der Waals surface area (Å²) in [5.41, 5.74) is 0.747. The van der Waals surface area contributed by atoms with Crippen LogP contribution in [0.3, 0.4) is 0 Å². The molecule has 1 amide bonds. The standard InChI is InChI=1S/C18H15ClN4O3S/c1-11(12-5-3-2-4-6-12)9-16-21-22-18(27-16)20-17(24)14-8-7-13(19)10-15(14)23(25)26/h2-8,10-11H,9H2,1H3,(H,20,22,24). The van der Waals surface area contributed by atoms with E-state index < -0.39 is 10.8 Å². The summed E-state index contributed by atoms with van der Waals surface area (Å²) in [5, 5.41) is 23.0. The summed E-state index contributed by atoms with van der Waals surface area (Å²) < 4.78 is 0. The first-order chi connectivity index (χ1) is 12.9. The Morgan fingerprint density at radius 1 is 1.26 bits per heavy atom. The van der Waals surface area contributed by atoms with Gasteiger partial charge < -0.3 is 0 Å². The molecule has 1 unspecified atom stereocenters. The molecule has 27 heavy (non-hydrogen) atoms. The molecule has 0 saturated heterocycles. The van der Waals surface area contributed by atoms with Crippen LogP contribution in [0.15, 0.2) is 48.5 Å². The zero-order valence-corrected chi connectivity index (χ0v) is 15.8. The summed E-state index contributed by atoms with van der Waals surface area (Å²) in [6.07, 6.45) is 0.679. The molecule has 1 N–H and O–H groups in total. The Kier molecular flexibility index (Phi) is 5.78. The quantitative estimate of drug-likeness (QED) is 0.476. The number of hydrogen-bond acceptors (Lipinski definition) is 6. The fourth-order valence-electron chi connectivity index (χ4n) is 2.56. The van der Waals surface area contributed by atoms with Crippen molar-refractivity contribution in [1.29, 1.82) is 0 Å². The Hall–Kier alpha value is -2.84. The van der Waals surface area contributed by atoms with Crippen LogP contribution in [0.5, 0.6) is 0 Å². The van der Waals surface area contributed by atoms with Gasteiger partial charge >= 0.3 is 0 Å². The highest BCUT2D eigenvalue weighted by Gasteiger charge is 2.22. The molecule has 3 aromatic rings. The molecule has 138 valence electrons. The molecular formula is C18H15ClN4O3S. The number of nitrogens with zero attached hydrogens (tertiary/aromatic N) is 3. The summed E-state index contributed by atoms with van der Waals surface area (Å²) >= 11 is 7.02. The first kappa shape index (κ1) is 18.9. The summed E-state index contributed by atoms with van der Waals surface area (Å²) in [6.45, 7) is 2.09. The lowest BCUT2D eigenvalue weighted by atomic mass is 9.98. The first-order valence-electron chi connectivity index (χ1n) is 8.06. The van der Waals surface area contributed by atoms with E-state index in [4.69, 9.17) is 11.6 Å². The molecule has 0 aliphatic carbocycles. The topological polar surface area (TPSA) is 98.0 Å². The molecule has 0 bridgehead atoms. The lowest BCUT2D eigenvalue weighted by Gasteiger charge is -2.08. The van der Waals surface area contributed by atoms with Crippen molar-refractivity contribution in [3.05, 3.63) is 79.8 Å². The molecule has 0 aliphatic heterocycles. The van der Waals surface area contributed by atoms with Crippen LogP contribution in [0, 0.1) is 10.1 Å². The normalized spacial score (nSPS) is 11.8. The van der Waals surface area contributed by atoms with Gasteiger partial charge in [0.1, 0.15) is 10.6 Å². The van der Waals surface area contributed by atoms with Crippen molar-refractivity contribution in [3.8, 4) is 0 Å². The lowest BCUT2D eigenvalue weighted by molar-refractivity contribution is -0.385. The SMILES string of the molecule is CC(Cc1nnc(NC(=O)c2ccc(Cl)cc2[N+](=O)[O-])s1)c1ccccc1. The predicted octanol–water partition coefficient (Wildman–Crippen LogP) is 4.70. The second-order valence-corrected chi connectivity index (χ2v) is 7.39. The summed E-state index contributed by atoms with van der Waals surface area (Å²) in [4.78, 5) is 22.9. The molecule has 1 aromatic heterocycles. The number of amides is 1. The number of nitro benzene ring substituents is 1. The fourth-order valence-corrected chi connectivity index (χ4v) is 3.59. The Bertz CT molecular complexity index is 978. The highest BCUT2D eigenvalue weighted by molar-refractivity contribution is 7.15. The minimum Gasteiger partial charge on any atom is -0.296 e. The molecule has 7 nitrogen and oxygen atoms in total. The van der Waals surface area contributed by atoms with Crippen molar-refractivity contribution in [2.24, 2.45) is 0 Å². The largest absolute Gasteiger partial charge is 0.296 e. The minimum absolute atomic E-state index is 0.0844. The van der Waals surface area contributed by atoms with Crippen LogP contribution in [0.1, 0.15) is 33.8 Å². The van der Waals surface area contributed by atoms with E-state index in [0.717, 1.165) is 11.1 Å². The van der Waals surface area contributed by atoms with Crippen molar-refractivity contribution in [3.63, 3.8) is 0 Å². The van der Waals surface area contributed by atoms with Crippen LogP contribution in [0.25, 0.3) is 0 Å². The molecule has 1 atom stereocenters. The van der Waals surface area contributed by atoms with Crippen LogP contribution >= 0.6 is 22.9 Å². The number of carbonyl (C=O) groups is 1. The number of rotatable bonds is 6. The maximum absolute atomic E-state index is 12.4. The minimum atomic E-state index is -0.645. The van der Waals surface area contributed by atoms with Gasteiger partial charge in [0.2, 0.25) is 5.13 Å². The lowest BCUT2D eigenvalue weighted by Crippen LogP contribution is -2.13. The van der Waals surface area contributed by atoms with Crippen LogP contribution in [0.2, 0.25) is 5.02 Å². The van der Waals surface area contributed by atoms with E-state index in [1.165, 1.54) is 29.0 Å². The fraction of sp³-hybridized carbons (Fsp3) is 0.167. The van der Waals surface area contributed by atoms with Gasteiger partial charge in [0.15, 0.2) is 0 Å². The second-order valence-electron chi connectivity index (χ2n) is 5.89. The van der Waals surface area contributed by atoms with Crippen molar-refractivity contribution < 1.29 is 9.72 Å². The molecule has 1 heterocycles. The third kappa shape index (κ3) is 4.66. The van der Waals surface area contributed by atoms with Gasteiger partial charge in [-0.3, -0.25) is 20.2 Å². The Morgan fingerprint density at radius 2 is 2.00 bits per heavy atom. The van der Waals surface area contributed by atoms with E-state index >= 15 is 0 Å². The smallest absolute Gasteiger partial charge is 0.283 e. The van der Waals surface area contributed by atoms with Gasteiger partial charge in [0.25, 0.3) is 11.6 Å². The number of benzene rings is 2. The number of aromatic nitrogens is 2. The summed E-state index contributed by atoms with van der Waals surface area (Å²) in [7, 11) is 0. The second kappa shape index (κ2) is 8.24.